The van der Waals surface area contributed by atoms with Crippen LogP contribution in [0.4, 0.5) is 0 Å². The molecule has 2 rings (SSSR count). The van der Waals surface area contributed by atoms with Gasteiger partial charge in [-0.1, -0.05) is 12.1 Å². The van der Waals surface area contributed by atoms with E-state index >= 15 is 0 Å². The highest BCUT2D eigenvalue weighted by Crippen LogP contribution is 2.31. The molecule has 0 saturated carbocycles. The monoisotopic (exact) mass is 360 g/mol. The molecule has 0 spiro atoms. The highest BCUT2D eigenvalue weighted by Gasteiger charge is 2.20. The van der Waals surface area contributed by atoms with E-state index in [1.807, 2.05) is 0 Å². The zero-order valence-corrected chi connectivity index (χ0v) is 13.4. The highest BCUT2D eigenvalue weighted by atomic mass is 16.5. The topological polar surface area (TPSA) is 145 Å². The summed E-state index contributed by atoms with van der Waals surface area (Å²) in [7, 11) is 0. The lowest BCUT2D eigenvalue weighted by atomic mass is 10.1. The summed E-state index contributed by atoms with van der Waals surface area (Å²) in [6.07, 6.45) is 0.627. The van der Waals surface area contributed by atoms with Gasteiger partial charge in [0.15, 0.2) is 23.0 Å². The van der Waals surface area contributed by atoms with Crippen LogP contribution in [-0.4, -0.2) is 37.5 Å². The molecule has 0 fully saturated rings. The van der Waals surface area contributed by atoms with Crippen LogP contribution < -0.4 is 0 Å². The fraction of sp³-hybridized carbons (Fsp3) is 0.111. The molecule has 0 radical (unpaired) electrons. The number of hydrogen-bond acceptors (Lipinski definition) is 7. The first-order chi connectivity index (χ1) is 12.3. The van der Waals surface area contributed by atoms with Crippen molar-refractivity contribution in [2.75, 3.05) is 0 Å². The minimum atomic E-state index is -1.22. The normalized spacial score (nSPS) is 12.0. The Bertz CT molecular complexity index is 856. The predicted molar refractivity (Wildman–Crippen MR) is 89.7 cm³/mol. The molecule has 0 aliphatic heterocycles. The lowest BCUT2D eigenvalue weighted by Crippen LogP contribution is -2.13. The van der Waals surface area contributed by atoms with E-state index in [1.54, 1.807) is 0 Å². The van der Waals surface area contributed by atoms with Gasteiger partial charge in [0.25, 0.3) is 0 Å². The van der Waals surface area contributed by atoms with Crippen molar-refractivity contribution in [2.24, 2.45) is 0 Å². The summed E-state index contributed by atoms with van der Waals surface area (Å²) in [4.78, 5) is 23.0. The van der Waals surface area contributed by atoms with Crippen LogP contribution in [0.3, 0.4) is 0 Å². The maximum absolute atomic E-state index is 12.0. The van der Waals surface area contributed by atoms with Crippen molar-refractivity contribution in [3.05, 3.63) is 53.6 Å². The molecule has 1 atom stereocenters. The third kappa shape index (κ3) is 4.91. The van der Waals surface area contributed by atoms with Gasteiger partial charge >= 0.3 is 11.9 Å². The Labute approximate surface area is 147 Å². The van der Waals surface area contributed by atoms with Gasteiger partial charge in [0, 0.05) is 6.08 Å². The number of carbonyl (C=O) groups is 2. The molecule has 2 aromatic carbocycles. The molecule has 2 aromatic rings. The zero-order valence-electron chi connectivity index (χ0n) is 13.4. The Morgan fingerprint density at radius 3 is 2.12 bits per heavy atom. The SMILES string of the molecule is O=C(O)C[C@@H](OC(=O)C=Cc1ccc(O)c(O)c1)c1ccc(O)c(O)c1. The van der Waals surface area contributed by atoms with Gasteiger partial charge in [-0.25, -0.2) is 4.79 Å². The van der Waals surface area contributed by atoms with E-state index in [0.29, 0.717) is 5.56 Å². The number of hydrogen-bond donors (Lipinski definition) is 5. The van der Waals surface area contributed by atoms with Gasteiger partial charge in [-0.15, -0.1) is 0 Å². The second-order valence-corrected chi connectivity index (χ2v) is 5.35. The quantitative estimate of drug-likeness (QED) is 0.300. The van der Waals surface area contributed by atoms with Crippen LogP contribution in [0.5, 0.6) is 23.0 Å². The molecule has 8 nitrogen and oxygen atoms in total. The van der Waals surface area contributed by atoms with Gasteiger partial charge in [0.05, 0.1) is 6.42 Å². The van der Waals surface area contributed by atoms with E-state index in [-0.39, 0.29) is 22.8 Å². The summed E-state index contributed by atoms with van der Waals surface area (Å²) < 4.78 is 5.11. The Balaban J connectivity index is 2.15. The standard InChI is InChI=1S/C18H16O8/c19-12-4-1-10(7-14(12)21)2-6-18(25)26-16(9-17(23)24)11-3-5-13(20)15(22)8-11/h1-8,16,19-22H,9H2,(H,23,24)/t16-/m1/s1. The second-order valence-electron chi connectivity index (χ2n) is 5.35. The number of carboxylic acid groups (broad SMARTS) is 1. The van der Waals surface area contributed by atoms with Gasteiger partial charge in [-0.05, 0) is 41.5 Å². The van der Waals surface area contributed by atoms with Crippen LogP contribution >= 0.6 is 0 Å². The van der Waals surface area contributed by atoms with Crippen molar-refractivity contribution in [1.82, 2.24) is 0 Å². The first-order valence-electron chi connectivity index (χ1n) is 7.40. The van der Waals surface area contributed by atoms with Crippen molar-refractivity contribution in [1.29, 1.82) is 0 Å². The minimum Gasteiger partial charge on any atom is -0.504 e. The number of carboxylic acids is 1. The van der Waals surface area contributed by atoms with Crippen LogP contribution in [0.1, 0.15) is 23.7 Å². The largest absolute Gasteiger partial charge is 0.504 e. The number of aliphatic carboxylic acids is 1. The third-order valence-electron chi connectivity index (χ3n) is 3.40. The lowest BCUT2D eigenvalue weighted by Gasteiger charge is -2.16. The minimum absolute atomic E-state index is 0.201. The summed E-state index contributed by atoms with van der Waals surface area (Å²) in [5, 5.41) is 46.4. The Morgan fingerprint density at radius 1 is 0.923 bits per heavy atom. The summed E-state index contributed by atoms with van der Waals surface area (Å²) >= 11 is 0. The fourth-order valence-electron chi connectivity index (χ4n) is 2.11. The summed E-state index contributed by atoms with van der Waals surface area (Å²) in [6, 6.07) is 7.52. The van der Waals surface area contributed by atoms with Gasteiger partial charge in [0.2, 0.25) is 0 Å². The molecule has 26 heavy (non-hydrogen) atoms. The van der Waals surface area contributed by atoms with Gasteiger partial charge in [0.1, 0.15) is 6.10 Å². The average Bonchev–Trinajstić information content (AvgIpc) is 2.57. The first-order valence-corrected chi connectivity index (χ1v) is 7.40. The molecule has 136 valence electrons. The van der Waals surface area contributed by atoms with E-state index in [2.05, 4.69) is 0 Å². The van der Waals surface area contributed by atoms with Crippen molar-refractivity contribution in [3.8, 4) is 23.0 Å². The van der Waals surface area contributed by atoms with Crippen LogP contribution in [0.2, 0.25) is 0 Å². The Morgan fingerprint density at radius 2 is 1.54 bits per heavy atom. The van der Waals surface area contributed by atoms with Crippen LogP contribution in [0.25, 0.3) is 6.08 Å². The number of aromatic hydroxyl groups is 4. The van der Waals surface area contributed by atoms with E-state index in [4.69, 9.17) is 9.84 Å². The van der Waals surface area contributed by atoms with E-state index in [0.717, 1.165) is 18.2 Å². The first kappa shape index (κ1) is 18.7. The molecule has 0 aliphatic carbocycles. The van der Waals surface area contributed by atoms with E-state index < -0.39 is 30.2 Å². The van der Waals surface area contributed by atoms with E-state index in [9.17, 15) is 30.0 Å². The molecule has 0 unspecified atom stereocenters. The molecule has 0 aromatic heterocycles. The van der Waals surface area contributed by atoms with Gasteiger partial charge < -0.3 is 30.3 Å². The average molecular weight is 360 g/mol. The molecule has 0 bridgehead atoms. The van der Waals surface area contributed by atoms with Crippen LogP contribution in [0, 0.1) is 0 Å². The van der Waals surface area contributed by atoms with Crippen molar-refractivity contribution < 1.29 is 39.9 Å². The maximum atomic E-state index is 12.0. The summed E-state index contributed by atoms with van der Waals surface area (Å²) in [6.45, 7) is 0. The van der Waals surface area contributed by atoms with Crippen molar-refractivity contribution >= 4 is 18.0 Å². The molecular weight excluding hydrogens is 344 g/mol. The fourth-order valence-corrected chi connectivity index (χ4v) is 2.11. The Kier molecular flexibility index (Phi) is 5.69. The molecule has 0 saturated heterocycles. The van der Waals surface area contributed by atoms with E-state index in [1.165, 1.54) is 30.3 Å². The molecule has 8 heteroatoms. The number of phenols is 4. The third-order valence-corrected chi connectivity index (χ3v) is 3.40. The maximum Gasteiger partial charge on any atom is 0.331 e. The van der Waals surface area contributed by atoms with Gasteiger partial charge in [-0.2, -0.15) is 0 Å². The molecule has 0 aliphatic rings. The Hall–Kier alpha value is -3.68. The number of ether oxygens (including phenoxy) is 1. The number of phenolic OH excluding ortho intramolecular Hbond substituents is 4. The smallest absolute Gasteiger partial charge is 0.331 e. The molecule has 0 heterocycles. The molecular formula is C18H16O8. The lowest BCUT2D eigenvalue weighted by molar-refractivity contribution is -0.148. The van der Waals surface area contributed by atoms with Gasteiger partial charge in [-0.3, -0.25) is 4.79 Å². The predicted octanol–water partition coefficient (Wildman–Crippen LogP) is 2.28. The van der Waals surface area contributed by atoms with Crippen molar-refractivity contribution in [2.45, 2.75) is 12.5 Å². The number of esters is 1. The van der Waals surface area contributed by atoms with Crippen molar-refractivity contribution in [3.63, 3.8) is 0 Å². The second kappa shape index (κ2) is 7.93. The number of benzene rings is 2. The zero-order chi connectivity index (χ0) is 19.3. The number of carbonyl (C=O) groups excluding carboxylic acids is 1. The number of rotatable bonds is 6. The van der Waals surface area contributed by atoms with Crippen LogP contribution in [-0.2, 0) is 14.3 Å². The molecule has 5 N–H and O–H groups in total. The highest BCUT2D eigenvalue weighted by molar-refractivity contribution is 5.87. The summed E-state index contributed by atoms with van der Waals surface area (Å²) in [5.74, 6) is -3.59. The summed E-state index contributed by atoms with van der Waals surface area (Å²) in [5.41, 5.74) is 0.612. The molecule has 0 amide bonds. The van der Waals surface area contributed by atoms with Crippen LogP contribution in [0.15, 0.2) is 42.5 Å².